The molecule has 0 spiro atoms. The number of hydrogen-bond acceptors (Lipinski definition) is 2. The van der Waals surface area contributed by atoms with Crippen LogP contribution in [0.4, 0.5) is 0 Å². The third-order valence-corrected chi connectivity index (χ3v) is 3.94. The molecule has 1 N–H and O–H groups in total. The molecule has 0 unspecified atom stereocenters. The van der Waals surface area contributed by atoms with E-state index in [2.05, 4.69) is 60.4 Å². The van der Waals surface area contributed by atoms with E-state index in [1.807, 2.05) is 6.92 Å². The minimum Gasteiger partial charge on any atom is -0.466 e. The second kappa shape index (κ2) is 6.69. The van der Waals surface area contributed by atoms with Gasteiger partial charge in [0.2, 0.25) is 0 Å². The fraction of sp³-hybridized carbons (Fsp3) is 0.250. The fourth-order valence-electron chi connectivity index (χ4n) is 2.79. The van der Waals surface area contributed by atoms with Crippen LogP contribution in [0.5, 0.6) is 0 Å². The van der Waals surface area contributed by atoms with Crippen LogP contribution in [-0.4, -0.2) is 17.6 Å². The molecule has 3 rings (SSSR count). The lowest BCUT2D eigenvalue weighted by Crippen LogP contribution is -2.04. The van der Waals surface area contributed by atoms with Gasteiger partial charge in [0.1, 0.15) is 0 Å². The molecule has 0 saturated carbocycles. The van der Waals surface area contributed by atoms with Crippen molar-refractivity contribution in [3.05, 3.63) is 59.7 Å². The molecular formula is C20H21NO2. The van der Waals surface area contributed by atoms with Crippen molar-refractivity contribution >= 4 is 16.9 Å². The van der Waals surface area contributed by atoms with Crippen LogP contribution in [-0.2, 0) is 16.0 Å². The first-order valence-electron chi connectivity index (χ1n) is 8.00. The number of nitrogens with one attached hydrogen (secondary N) is 1. The Bertz CT molecular complexity index is 833. The zero-order chi connectivity index (χ0) is 16.2. The molecule has 0 radical (unpaired) electrons. The average molecular weight is 307 g/mol. The summed E-state index contributed by atoms with van der Waals surface area (Å²) in [7, 11) is 0. The van der Waals surface area contributed by atoms with E-state index in [4.69, 9.17) is 4.74 Å². The molecule has 0 fully saturated rings. The van der Waals surface area contributed by atoms with Gasteiger partial charge in [-0.3, -0.25) is 4.79 Å². The fourth-order valence-corrected chi connectivity index (χ4v) is 2.79. The van der Waals surface area contributed by atoms with Crippen LogP contribution in [0.15, 0.2) is 48.5 Å². The summed E-state index contributed by atoms with van der Waals surface area (Å²) in [6.45, 7) is 4.37. The summed E-state index contributed by atoms with van der Waals surface area (Å²) in [5, 5.41) is 1.17. The number of benzene rings is 2. The molecule has 3 aromatic rings. The molecule has 3 nitrogen and oxygen atoms in total. The van der Waals surface area contributed by atoms with Crippen LogP contribution in [0.25, 0.3) is 22.2 Å². The average Bonchev–Trinajstić information content (AvgIpc) is 2.96. The van der Waals surface area contributed by atoms with Gasteiger partial charge >= 0.3 is 5.97 Å². The van der Waals surface area contributed by atoms with Crippen molar-refractivity contribution < 1.29 is 9.53 Å². The zero-order valence-electron chi connectivity index (χ0n) is 13.6. The van der Waals surface area contributed by atoms with Gasteiger partial charge in [-0.05, 0) is 55.7 Å². The highest BCUT2D eigenvalue weighted by atomic mass is 16.5. The minimum absolute atomic E-state index is 0.137. The lowest BCUT2D eigenvalue weighted by atomic mass is 10.1. The minimum atomic E-state index is -0.137. The quantitative estimate of drug-likeness (QED) is 0.698. The molecule has 0 amide bonds. The number of ether oxygens (including phenoxy) is 1. The Hall–Kier alpha value is -2.55. The summed E-state index contributed by atoms with van der Waals surface area (Å²) in [5.74, 6) is -0.137. The summed E-state index contributed by atoms with van der Waals surface area (Å²) < 4.78 is 4.98. The Labute approximate surface area is 136 Å². The first kappa shape index (κ1) is 15.3. The van der Waals surface area contributed by atoms with Gasteiger partial charge in [-0.15, -0.1) is 0 Å². The number of H-pyrrole nitrogens is 1. The lowest BCUT2D eigenvalue weighted by molar-refractivity contribution is -0.143. The topological polar surface area (TPSA) is 42.1 Å². The second-order valence-electron chi connectivity index (χ2n) is 5.78. The number of aromatic nitrogens is 1. The molecule has 0 atom stereocenters. The molecule has 0 aliphatic rings. The van der Waals surface area contributed by atoms with Gasteiger partial charge in [-0.25, -0.2) is 0 Å². The molecule has 0 aliphatic carbocycles. The van der Waals surface area contributed by atoms with Crippen molar-refractivity contribution in [3.63, 3.8) is 0 Å². The van der Waals surface area contributed by atoms with Gasteiger partial charge in [0.25, 0.3) is 0 Å². The zero-order valence-corrected chi connectivity index (χ0v) is 13.6. The standard InChI is InChI=1S/C20H21NO2/c1-3-23-20(22)10-8-15-7-9-18-17(12-15)13-19(21-18)16-6-4-5-14(2)11-16/h4-7,9,11-13,21H,3,8,10H2,1-2H3. The van der Waals surface area contributed by atoms with E-state index in [9.17, 15) is 4.79 Å². The predicted molar refractivity (Wildman–Crippen MR) is 93.4 cm³/mol. The van der Waals surface area contributed by atoms with Crippen LogP contribution in [0.3, 0.4) is 0 Å². The van der Waals surface area contributed by atoms with Crippen LogP contribution < -0.4 is 0 Å². The number of aromatic amines is 1. The van der Waals surface area contributed by atoms with Crippen LogP contribution in [0.2, 0.25) is 0 Å². The molecule has 0 aliphatic heterocycles. The van der Waals surface area contributed by atoms with Crippen molar-refractivity contribution in [3.8, 4) is 11.3 Å². The Kier molecular flexibility index (Phi) is 4.47. The number of carbonyl (C=O) groups is 1. The first-order chi connectivity index (χ1) is 11.2. The number of fused-ring (bicyclic) bond motifs is 1. The normalized spacial score (nSPS) is 10.9. The SMILES string of the molecule is CCOC(=O)CCc1ccc2[nH]c(-c3cccc(C)c3)cc2c1. The molecule has 23 heavy (non-hydrogen) atoms. The van der Waals surface area contributed by atoms with Crippen LogP contribution >= 0.6 is 0 Å². The van der Waals surface area contributed by atoms with Gasteiger partial charge in [0, 0.05) is 23.0 Å². The monoisotopic (exact) mass is 307 g/mol. The number of rotatable bonds is 5. The Balaban J connectivity index is 1.82. The number of hydrogen-bond donors (Lipinski definition) is 1. The number of esters is 1. The predicted octanol–water partition coefficient (Wildman–Crippen LogP) is 4.64. The second-order valence-corrected chi connectivity index (χ2v) is 5.78. The largest absolute Gasteiger partial charge is 0.466 e. The third-order valence-electron chi connectivity index (χ3n) is 3.94. The summed E-state index contributed by atoms with van der Waals surface area (Å²) in [6.07, 6.45) is 1.13. The van der Waals surface area contributed by atoms with E-state index in [1.165, 1.54) is 16.5 Å². The Morgan fingerprint density at radius 3 is 2.78 bits per heavy atom. The van der Waals surface area contributed by atoms with E-state index in [0.717, 1.165) is 16.8 Å². The maximum Gasteiger partial charge on any atom is 0.306 e. The molecule has 0 saturated heterocycles. The third kappa shape index (κ3) is 3.62. The van der Waals surface area contributed by atoms with E-state index < -0.39 is 0 Å². The van der Waals surface area contributed by atoms with Gasteiger partial charge in [0.15, 0.2) is 0 Å². The highest BCUT2D eigenvalue weighted by Crippen LogP contribution is 2.25. The Morgan fingerprint density at radius 2 is 2.00 bits per heavy atom. The van der Waals surface area contributed by atoms with Crippen molar-refractivity contribution in [2.24, 2.45) is 0 Å². The van der Waals surface area contributed by atoms with Gasteiger partial charge in [-0.1, -0.05) is 29.8 Å². The lowest BCUT2D eigenvalue weighted by Gasteiger charge is -2.02. The molecule has 1 aromatic heterocycles. The smallest absolute Gasteiger partial charge is 0.306 e. The van der Waals surface area contributed by atoms with Gasteiger partial charge < -0.3 is 9.72 Å². The van der Waals surface area contributed by atoms with Crippen molar-refractivity contribution in [1.82, 2.24) is 4.98 Å². The maximum atomic E-state index is 11.5. The van der Waals surface area contributed by atoms with E-state index in [0.29, 0.717) is 19.4 Å². The number of aryl methyl sites for hydroxylation is 2. The Morgan fingerprint density at radius 1 is 1.13 bits per heavy atom. The van der Waals surface area contributed by atoms with E-state index in [-0.39, 0.29) is 5.97 Å². The van der Waals surface area contributed by atoms with Crippen LogP contribution in [0.1, 0.15) is 24.5 Å². The molecule has 0 bridgehead atoms. The first-order valence-corrected chi connectivity index (χ1v) is 8.00. The molecule has 3 heteroatoms. The maximum absolute atomic E-state index is 11.5. The van der Waals surface area contributed by atoms with Crippen molar-refractivity contribution in [1.29, 1.82) is 0 Å². The summed E-state index contributed by atoms with van der Waals surface area (Å²) in [5.41, 5.74) is 5.82. The van der Waals surface area contributed by atoms with Gasteiger partial charge in [0.05, 0.1) is 6.61 Å². The van der Waals surface area contributed by atoms with E-state index in [1.54, 1.807) is 0 Å². The molecule has 1 heterocycles. The van der Waals surface area contributed by atoms with Crippen LogP contribution in [0, 0.1) is 6.92 Å². The van der Waals surface area contributed by atoms with E-state index >= 15 is 0 Å². The summed E-state index contributed by atoms with van der Waals surface area (Å²) >= 11 is 0. The van der Waals surface area contributed by atoms with Crippen molar-refractivity contribution in [2.45, 2.75) is 26.7 Å². The highest BCUT2D eigenvalue weighted by Gasteiger charge is 2.06. The number of carbonyl (C=O) groups excluding carboxylic acids is 1. The highest BCUT2D eigenvalue weighted by molar-refractivity contribution is 5.86. The van der Waals surface area contributed by atoms with Gasteiger partial charge in [-0.2, -0.15) is 0 Å². The molecule has 118 valence electrons. The summed E-state index contributed by atoms with van der Waals surface area (Å²) in [6, 6.07) is 16.9. The molecular weight excluding hydrogens is 286 g/mol. The van der Waals surface area contributed by atoms with Crippen molar-refractivity contribution in [2.75, 3.05) is 6.61 Å². The molecule has 2 aromatic carbocycles. The summed E-state index contributed by atoms with van der Waals surface area (Å²) in [4.78, 5) is 14.9.